The van der Waals surface area contributed by atoms with E-state index in [0.717, 1.165) is 17.0 Å². The number of halogens is 1. The molecular formula is C26H24FN3O4S. The highest BCUT2D eigenvalue weighted by Crippen LogP contribution is 2.34. The Labute approximate surface area is 201 Å². The number of hydrogen-bond donors (Lipinski definition) is 1. The molecule has 0 aliphatic rings. The van der Waals surface area contributed by atoms with Gasteiger partial charge in [0.15, 0.2) is 0 Å². The second kappa shape index (κ2) is 8.00. The van der Waals surface area contributed by atoms with Crippen LogP contribution in [0, 0.1) is 12.7 Å². The number of nitrogens with one attached hydrogen (secondary N) is 1. The second-order valence-corrected chi connectivity index (χ2v) is 11.4. The molecule has 3 aromatic heterocycles. The lowest BCUT2D eigenvalue weighted by molar-refractivity contribution is 0.491. The van der Waals surface area contributed by atoms with Gasteiger partial charge in [-0.1, -0.05) is 11.6 Å². The van der Waals surface area contributed by atoms with E-state index in [9.17, 15) is 17.6 Å². The Morgan fingerprint density at radius 3 is 2.60 bits per heavy atom. The van der Waals surface area contributed by atoms with Gasteiger partial charge in [-0.2, -0.15) is 0 Å². The van der Waals surface area contributed by atoms with E-state index in [-0.39, 0.29) is 28.2 Å². The van der Waals surface area contributed by atoms with Crippen molar-refractivity contribution >= 4 is 42.9 Å². The summed E-state index contributed by atoms with van der Waals surface area (Å²) in [6.07, 6.45) is 1.55. The van der Waals surface area contributed by atoms with E-state index < -0.39 is 27.0 Å². The van der Waals surface area contributed by atoms with E-state index in [1.54, 1.807) is 37.6 Å². The first kappa shape index (κ1) is 23.2. The average molecular weight is 494 g/mol. The standard InChI is InChI=1S/C26H24FN3O4S/c1-15-7-10-21-19(12-15)22-18-6-5-11-28-24(18)34-25(31)23(22)30(21)14-16-13-17(8-9-20(16)27)35(32,33)29-26(2,3)4/h5-13,29H,14H2,1-4H3. The smallest absolute Gasteiger partial charge is 0.362 e. The van der Waals surface area contributed by atoms with E-state index >= 15 is 0 Å². The summed E-state index contributed by atoms with van der Waals surface area (Å²) >= 11 is 0. The first-order valence-electron chi connectivity index (χ1n) is 11.1. The summed E-state index contributed by atoms with van der Waals surface area (Å²) in [5.74, 6) is -0.575. The lowest BCUT2D eigenvalue weighted by Crippen LogP contribution is -2.40. The van der Waals surface area contributed by atoms with Gasteiger partial charge in [0.2, 0.25) is 15.7 Å². The van der Waals surface area contributed by atoms with Crippen molar-refractivity contribution in [3.05, 3.63) is 82.1 Å². The third-order valence-corrected chi connectivity index (χ3v) is 7.49. The summed E-state index contributed by atoms with van der Waals surface area (Å²) in [6, 6.07) is 13.0. The third kappa shape index (κ3) is 4.11. The van der Waals surface area contributed by atoms with Crippen LogP contribution in [-0.4, -0.2) is 23.5 Å². The molecule has 0 bridgehead atoms. The Balaban J connectivity index is 1.76. The molecule has 5 aromatic rings. The van der Waals surface area contributed by atoms with Crippen LogP contribution < -0.4 is 10.3 Å². The van der Waals surface area contributed by atoms with Gasteiger partial charge in [0.1, 0.15) is 11.3 Å². The van der Waals surface area contributed by atoms with E-state index in [0.29, 0.717) is 16.3 Å². The minimum absolute atomic E-state index is 0.0536. The first-order chi connectivity index (χ1) is 16.4. The van der Waals surface area contributed by atoms with Gasteiger partial charge in [0.05, 0.1) is 11.4 Å². The van der Waals surface area contributed by atoms with Crippen molar-refractivity contribution in [1.29, 1.82) is 0 Å². The highest BCUT2D eigenvalue weighted by atomic mass is 32.2. The highest BCUT2D eigenvalue weighted by Gasteiger charge is 2.24. The molecule has 35 heavy (non-hydrogen) atoms. The fourth-order valence-corrected chi connectivity index (χ4v) is 5.86. The summed E-state index contributed by atoms with van der Waals surface area (Å²) in [7, 11) is -3.88. The maximum Gasteiger partial charge on any atom is 0.362 e. The van der Waals surface area contributed by atoms with Crippen molar-refractivity contribution < 1.29 is 17.2 Å². The van der Waals surface area contributed by atoms with Crippen LogP contribution in [-0.2, 0) is 16.6 Å². The van der Waals surface area contributed by atoms with Crippen LogP contribution in [0.2, 0.25) is 0 Å². The second-order valence-electron chi connectivity index (χ2n) is 9.68. The predicted molar refractivity (Wildman–Crippen MR) is 134 cm³/mol. The molecule has 0 amide bonds. The van der Waals surface area contributed by atoms with Gasteiger partial charge >= 0.3 is 5.63 Å². The molecule has 7 nitrogen and oxygen atoms in total. The van der Waals surface area contributed by atoms with Crippen LogP contribution in [0.3, 0.4) is 0 Å². The van der Waals surface area contributed by atoms with Crippen LogP contribution in [0.25, 0.3) is 32.9 Å². The predicted octanol–water partition coefficient (Wildman–Crippen LogP) is 4.87. The van der Waals surface area contributed by atoms with Gasteiger partial charge in [0, 0.05) is 39.0 Å². The maximum absolute atomic E-state index is 15.0. The Morgan fingerprint density at radius 2 is 1.86 bits per heavy atom. The molecule has 0 saturated carbocycles. The Morgan fingerprint density at radius 1 is 1.09 bits per heavy atom. The molecule has 0 atom stereocenters. The Kier molecular flexibility index (Phi) is 5.30. The maximum atomic E-state index is 15.0. The van der Waals surface area contributed by atoms with Crippen LogP contribution in [0.1, 0.15) is 31.9 Å². The zero-order valence-corrected chi connectivity index (χ0v) is 20.5. The van der Waals surface area contributed by atoms with Crippen molar-refractivity contribution in [3.63, 3.8) is 0 Å². The Hall–Kier alpha value is -3.56. The van der Waals surface area contributed by atoms with Crippen molar-refractivity contribution in [2.45, 2.75) is 44.7 Å². The van der Waals surface area contributed by atoms with E-state index in [1.807, 2.05) is 31.2 Å². The van der Waals surface area contributed by atoms with Gasteiger partial charge < -0.3 is 8.98 Å². The van der Waals surface area contributed by atoms with E-state index in [4.69, 9.17) is 4.42 Å². The van der Waals surface area contributed by atoms with Gasteiger partial charge in [-0.3, -0.25) is 0 Å². The molecule has 0 aliphatic heterocycles. The van der Waals surface area contributed by atoms with Crippen LogP contribution in [0.15, 0.2) is 68.8 Å². The molecule has 1 N–H and O–H groups in total. The average Bonchev–Trinajstić information content (AvgIpc) is 3.08. The lowest BCUT2D eigenvalue weighted by Gasteiger charge is -2.20. The van der Waals surface area contributed by atoms with Crippen LogP contribution >= 0.6 is 0 Å². The Bertz CT molecular complexity index is 1800. The van der Waals surface area contributed by atoms with Crippen molar-refractivity contribution in [2.24, 2.45) is 0 Å². The molecule has 0 saturated heterocycles. The van der Waals surface area contributed by atoms with Crippen LogP contribution in [0.4, 0.5) is 4.39 Å². The zero-order valence-electron chi connectivity index (χ0n) is 19.7. The SMILES string of the molecule is Cc1ccc2c(c1)c1c3cccnc3oc(=O)c1n2Cc1cc(S(=O)(=O)NC(C)(C)C)ccc1F. The quantitative estimate of drug-likeness (QED) is 0.386. The van der Waals surface area contributed by atoms with E-state index in [2.05, 4.69) is 9.71 Å². The highest BCUT2D eigenvalue weighted by molar-refractivity contribution is 7.89. The number of benzene rings is 2. The van der Waals surface area contributed by atoms with Gasteiger partial charge in [-0.15, -0.1) is 0 Å². The number of fused-ring (bicyclic) bond motifs is 5. The monoisotopic (exact) mass is 493 g/mol. The van der Waals surface area contributed by atoms with Crippen molar-refractivity contribution in [3.8, 4) is 0 Å². The largest absolute Gasteiger partial charge is 0.402 e. The van der Waals surface area contributed by atoms with Crippen molar-refractivity contribution in [2.75, 3.05) is 0 Å². The molecule has 9 heteroatoms. The van der Waals surface area contributed by atoms with Crippen molar-refractivity contribution in [1.82, 2.24) is 14.3 Å². The minimum Gasteiger partial charge on any atom is -0.402 e. The molecule has 180 valence electrons. The number of hydrogen-bond acceptors (Lipinski definition) is 5. The number of nitrogens with zero attached hydrogens (tertiary/aromatic N) is 2. The van der Waals surface area contributed by atoms with Gasteiger partial charge in [0.25, 0.3) is 0 Å². The summed E-state index contributed by atoms with van der Waals surface area (Å²) in [5, 5.41) is 2.15. The van der Waals surface area contributed by atoms with E-state index in [1.165, 1.54) is 12.1 Å². The summed E-state index contributed by atoms with van der Waals surface area (Å²) < 4.78 is 50.4. The summed E-state index contributed by atoms with van der Waals surface area (Å²) in [6.45, 7) is 7.07. The molecule has 0 radical (unpaired) electrons. The molecule has 3 heterocycles. The normalized spacial score (nSPS) is 12.7. The lowest BCUT2D eigenvalue weighted by atomic mass is 10.1. The number of pyridine rings is 1. The summed E-state index contributed by atoms with van der Waals surface area (Å²) in [5.41, 5.74) is 1.02. The van der Waals surface area contributed by atoms with Gasteiger partial charge in [-0.25, -0.2) is 27.3 Å². The fraction of sp³-hybridized carbons (Fsp3) is 0.231. The molecule has 0 unspecified atom stereocenters. The molecule has 0 aliphatic carbocycles. The van der Waals surface area contributed by atoms with Crippen LogP contribution in [0.5, 0.6) is 0 Å². The number of aryl methyl sites for hydroxylation is 1. The zero-order chi connectivity index (χ0) is 25.1. The fourth-order valence-electron chi connectivity index (χ4n) is 4.39. The molecule has 2 aromatic carbocycles. The third-order valence-electron chi connectivity index (χ3n) is 5.74. The minimum atomic E-state index is -3.88. The molecule has 0 fully saturated rings. The number of rotatable bonds is 4. The molecule has 0 spiro atoms. The molecular weight excluding hydrogens is 469 g/mol. The first-order valence-corrected chi connectivity index (χ1v) is 12.6. The number of aromatic nitrogens is 2. The molecule has 5 rings (SSSR count). The topological polar surface area (TPSA) is 94.2 Å². The summed E-state index contributed by atoms with van der Waals surface area (Å²) in [4.78, 5) is 17.2. The van der Waals surface area contributed by atoms with Gasteiger partial charge in [-0.05, 0) is 70.2 Å². The number of sulfonamides is 1.